The smallest absolute Gasteiger partial charge is 0.222 e. The summed E-state index contributed by atoms with van der Waals surface area (Å²) in [7, 11) is 0. The molecule has 0 amide bonds. The van der Waals surface area contributed by atoms with Crippen LogP contribution in [0.15, 0.2) is 58.5 Å². The van der Waals surface area contributed by atoms with Crippen molar-refractivity contribution in [2.45, 2.75) is 0 Å². The summed E-state index contributed by atoms with van der Waals surface area (Å²) < 4.78 is 6.12. The first kappa shape index (κ1) is 13.7. The van der Waals surface area contributed by atoms with Crippen LogP contribution in [-0.2, 0) is 0 Å². The third-order valence-corrected chi connectivity index (χ3v) is 1.93. The number of hydrogen-bond donors (Lipinski definition) is 1. The quantitative estimate of drug-likeness (QED) is 0.388. The lowest BCUT2D eigenvalue weighted by atomic mass is 10.3. The van der Waals surface area contributed by atoms with Crippen LogP contribution in [0.5, 0.6) is 5.75 Å². The Balaban J connectivity index is 2.85. The van der Waals surface area contributed by atoms with Gasteiger partial charge in [0.25, 0.3) is 0 Å². The van der Waals surface area contributed by atoms with Crippen LogP contribution in [0.25, 0.3) is 0 Å². The third kappa shape index (κ3) is 6.04. The highest BCUT2D eigenvalue weighted by molar-refractivity contribution is 9.11. The first-order valence-electron chi connectivity index (χ1n) is 4.66. The van der Waals surface area contributed by atoms with Crippen LogP contribution >= 0.6 is 27.5 Å². The lowest BCUT2D eigenvalue weighted by Crippen LogP contribution is -2.06. The molecule has 5 heteroatoms. The first-order valence-corrected chi connectivity index (χ1v) is 5.83. The molecule has 17 heavy (non-hydrogen) atoms. The molecule has 0 bridgehead atoms. The van der Waals surface area contributed by atoms with E-state index in [9.17, 15) is 0 Å². The summed E-state index contributed by atoms with van der Waals surface area (Å²) in [5, 5.41) is 6.76. The average Bonchev–Trinajstić information content (AvgIpc) is 2.26. The lowest BCUT2D eigenvalue weighted by Gasteiger charge is -2.04. The second-order valence-electron chi connectivity index (χ2n) is 2.94. The fraction of sp³-hybridized carbons (Fsp3) is 0. The number of para-hydroxylation sites is 1. The molecule has 0 saturated carbocycles. The highest BCUT2D eigenvalue weighted by Crippen LogP contribution is 2.10. The average molecular weight is 314 g/mol. The van der Waals surface area contributed by atoms with Gasteiger partial charge in [-0.2, -0.15) is 4.99 Å². The zero-order valence-corrected chi connectivity index (χ0v) is 11.2. The van der Waals surface area contributed by atoms with Gasteiger partial charge in [-0.05, 0) is 29.8 Å². The summed E-state index contributed by atoms with van der Waals surface area (Å²) in [5.41, 5.74) is 0. The van der Waals surface area contributed by atoms with E-state index in [2.05, 4.69) is 27.5 Å². The molecule has 0 atom stereocenters. The fourth-order valence-electron chi connectivity index (χ4n) is 0.962. The molecular formula is C12H10BrClN2O. The van der Waals surface area contributed by atoms with Gasteiger partial charge in [-0.1, -0.05) is 40.7 Å². The summed E-state index contributed by atoms with van der Waals surface area (Å²) in [6.45, 7) is 3.65. The van der Waals surface area contributed by atoms with E-state index in [-0.39, 0.29) is 11.2 Å². The number of aliphatic imine (C=N–C) groups is 1. The Morgan fingerprint density at radius 1 is 1.35 bits per heavy atom. The number of nitrogens with zero attached hydrogens (tertiary/aromatic N) is 1. The fourth-order valence-corrected chi connectivity index (χ4v) is 1.18. The summed E-state index contributed by atoms with van der Waals surface area (Å²) in [6.07, 6.45) is 3.22. The van der Waals surface area contributed by atoms with Crippen molar-refractivity contribution in [2.75, 3.05) is 0 Å². The van der Waals surface area contributed by atoms with Crippen LogP contribution in [0, 0.1) is 5.41 Å². The Kier molecular flexibility index (Phi) is 5.66. The molecule has 0 aliphatic heterocycles. The number of halogens is 2. The van der Waals surface area contributed by atoms with Crippen molar-refractivity contribution in [3.05, 3.63) is 53.5 Å². The second kappa shape index (κ2) is 7.04. The normalized spacial score (nSPS) is 11.5. The molecular weight excluding hydrogens is 304 g/mol. The zero-order chi connectivity index (χ0) is 12.7. The molecule has 0 aromatic heterocycles. The molecule has 3 nitrogen and oxygen atoms in total. The maximum absolute atomic E-state index is 7.11. The van der Waals surface area contributed by atoms with Gasteiger partial charge in [-0.25, -0.2) is 0 Å². The van der Waals surface area contributed by atoms with Gasteiger partial charge in [0, 0.05) is 10.6 Å². The molecule has 0 radical (unpaired) electrons. The van der Waals surface area contributed by atoms with Crippen molar-refractivity contribution in [2.24, 2.45) is 4.99 Å². The van der Waals surface area contributed by atoms with E-state index in [1.54, 1.807) is 24.3 Å². The van der Waals surface area contributed by atoms with Gasteiger partial charge in [0.1, 0.15) is 5.75 Å². The van der Waals surface area contributed by atoms with E-state index >= 15 is 0 Å². The number of nitrogens with one attached hydrogen (secondary N) is 1. The van der Waals surface area contributed by atoms with Crippen LogP contribution in [-0.4, -0.2) is 11.2 Å². The van der Waals surface area contributed by atoms with Crippen LogP contribution in [0.4, 0.5) is 0 Å². The van der Waals surface area contributed by atoms with Crippen molar-refractivity contribution >= 4 is 38.7 Å². The zero-order valence-electron chi connectivity index (χ0n) is 8.86. The summed E-state index contributed by atoms with van der Waals surface area (Å²) in [5.74, 6) is 0.839. The highest BCUT2D eigenvalue weighted by Gasteiger charge is 1.99. The molecule has 1 N–H and O–H groups in total. The van der Waals surface area contributed by atoms with E-state index < -0.39 is 0 Å². The Labute approximate surface area is 113 Å². The first-order chi connectivity index (χ1) is 8.08. The minimum absolute atomic E-state index is 0.219. The van der Waals surface area contributed by atoms with Gasteiger partial charge < -0.3 is 4.74 Å². The summed E-state index contributed by atoms with van der Waals surface area (Å²) in [6, 6.07) is 9.12. The highest BCUT2D eigenvalue weighted by atomic mass is 79.9. The van der Waals surface area contributed by atoms with Crippen LogP contribution in [0.1, 0.15) is 0 Å². The maximum atomic E-state index is 7.11. The van der Waals surface area contributed by atoms with Crippen molar-refractivity contribution < 1.29 is 4.74 Å². The molecule has 0 unspecified atom stereocenters. The Hall–Kier alpha value is -1.39. The monoisotopic (exact) mass is 312 g/mol. The van der Waals surface area contributed by atoms with Gasteiger partial charge in [-0.15, -0.1) is 0 Å². The van der Waals surface area contributed by atoms with Crippen LogP contribution in [0.3, 0.4) is 0 Å². The molecule has 1 rings (SSSR count). The van der Waals surface area contributed by atoms with E-state index in [0.29, 0.717) is 10.2 Å². The number of benzene rings is 1. The van der Waals surface area contributed by atoms with E-state index in [1.807, 2.05) is 18.2 Å². The molecule has 0 fully saturated rings. The Bertz CT molecular complexity index is 469. The predicted octanol–water partition coefficient (Wildman–Crippen LogP) is 4.10. The van der Waals surface area contributed by atoms with Gasteiger partial charge in [-0.3, -0.25) is 5.41 Å². The van der Waals surface area contributed by atoms with Crippen molar-refractivity contribution in [1.29, 1.82) is 5.41 Å². The molecule has 0 saturated heterocycles. The molecule has 88 valence electrons. The Morgan fingerprint density at radius 3 is 2.53 bits per heavy atom. The minimum atomic E-state index is -0.347. The summed E-state index contributed by atoms with van der Waals surface area (Å²) in [4.78, 5) is 3.74. The lowest BCUT2D eigenvalue weighted by molar-refractivity contribution is 0.556. The molecule has 0 heterocycles. The van der Waals surface area contributed by atoms with Crippen LogP contribution < -0.4 is 4.74 Å². The number of rotatable bonds is 3. The van der Waals surface area contributed by atoms with Gasteiger partial charge in [0.15, 0.2) is 0 Å². The number of ether oxygens (including phenoxy) is 1. The van der Waals surface area contributed by atoms with Crippen molar-refractivity contribution in [1.82, 2.24) is 0 Å². The van der Waals surface area contributed by atoms with E-state index in [0.717, 1.165) is 0 Å². The summed E-state index contributed by atoms with van der Waals surface area (Å²) >= 11 is 8.58. The molecule has 1 aromatic carbocycles. The largest absolute Gasteiger partial charge is 0.439 e. The van der Waals surface area contributed by atoms with Crippen LogP contribution in [0.2, 0.25) is 0 Å². The van der Waals surface area contributed by atoms with E-state index in [1.165, 1.54) is 0 Å². The third-order valence-electron chi connectivity index (χ3n) is 1.58. The van der Waals surface area contributed by atoms with Gasteiger partial charge in [0.2, 0.25) is 11.2 Å². The predicted molar refractivity (Wildman–Crippen MR) is 75.3 cm³/mol. The number of amidine groups is 1. The molecule has 1 aromatic rings. The molecule has 0 aliphatic carbocycles. The van der Waals surface area contributed by atoms with E-state index in [4.69, 9.17) is 21.7 Å². The second-order valence-corrected chi connectivity index (χ2v) is 4.31. The minimum Gasteiger partial charge on any atom is -0.439 e. The van der Waals surface area contributed by atoms with Crippen molar-refractivity contribution in [3.63, 3.8) is 0 Å². The standard InChI is InChI=1S/C12H10BrClN2O/c1-9(13)7-8-11(16-12(14)15)17-10-5-3-2-4-6-10/h2-8,15H,1H2/b8-7+,15-12?,16-11?. The molecule has 0 aliphatic rings. The van der Waals surface area contributed by atoms with Gasteiger partial charge in [0.05, 0.1) is 0 Å². The maximum Gasteiger partial charge on any atom is 0.222 e. The number of allylic oxidation sites excluding steroid dienone is 2. The SMILES string of the molecule is C=C(Br)/C=C/C(=NC(=N)Cl)Oc1ccccc1. The number of hydrogen-bond acceptors (Lipinski definition) is 2. The van der Waals surface area contributed by atoms with Crippen molar-refractivity contribution in [3.8, 4) is 5.75 Å². The topological polar surface area (TPSA) is 45.4 Å². The molecule has 0 spiro atoms. The Morgan fingerprint density at radius 2 is 2.00 bits per heavy atom. The van der Waals surface area contributed by atoms with Gasteiger partial charge >= 0.3 is 0 Å².